The van der Waals surface area contributed by atoms with Crippen LogP contribution in [0.3, 0.4) is 0 Å². The first-order valence-electron chi connectivity index (χ1n) is 8.18. The fourth-order valence-electron chi connectivity index (χ4n) is 6.10. The number of rotatable bonds is 3. The first kappa shape index (κ1) is 15.4. The summed E-state index contributed by atoms with van der Waals surface area (Å²) in [6.45, 7) is 0. The Hall–Kier alpha value is -0.0800. The highest BCUT2D eigenvalue weighted by atomic mass is 127. The number of ether oxygens (including phenoxy) is 1. The van der Waals surface area contributed by atoms with Gasteiger partial charge in [-0.3, -0.25) is 0 Å². The molecule has 5 rings (SSSR count). The van der Waals surface area contributed by atoms with E-state index < -0.39 is 24.0 Å². The van der Waals surface area contributed by atoms with Crippen LogP contribution in [0.25, 0.3) is 10.4 Å². The van der Waals surface area contributed by atoms with E-state index >= 15 is 0 Å². The average Bonchev–Trinajstić information content (AvgIpc) is 2.73. The van der Waals surface area contributed by atoms with Gasteiger partial charge in [0, 0.05) is 14.8 Å². The number of aliphatic hydroxyl groups excluding tert-OH is 2. The molecule has 0 aromatic carbocycles. The highest BCUT2D eigenvalue weighted by Crippen LogP contribution is 2.63. The quantitative estimate of drug-likeness (QED) is 0.242. The van der Waals surface area contributed by atoms with Crippen molar-refractivity contribution in [1.29, 1.82) is 0 Å². The third-order valence-corrected chi connectivity index (χ3v) is 7.61. The predicted molar refractivity (Wildman–Crippen MR) is 88.3 cm³/mol. The zero-order chi connectivity index (χ0) is 15.5. The van der Waals surface area contributed by atoms with Crippen molar-refractivity contribution in [1.82, 2.24) is 0 Å². The second-order valence-electron chi connectivity index (χ2n) is 7.92. The highest BCUT2D eigenvalue weighted by Gasteiger charge is 2.63. The molecule has 4 atom stereocenters. The van der Waals surface area contributed by atoms with Crippen LogP contribution < -0.4 is 0 Å². The predicted octanol–water partition coefficient (Wildman–Crippen LogP) is 2.77. The molecule has 0 spiro atoms. The van der Waals surface area contributed by atoms with Crippen molar-refractivity contribution in [2.24, 2.45) is 28.3 Å². The summed E-state index contributed by atoms with van der Waals surface area (Å²) in [6, 6.07) is 0. The van der Waals surface area contributed by atoms with E-state index in [1.165, 1.54) is 19.3 Å². The Kier molecular flexibility index (Phi) is 3.66. The molecule has 0 unspecified atom stereocenters. The number of azide groups is 1. The monoisotopic (exact) mass is 419 g/mol. The Balaban J connectivity index is 1.67. The van der Waals surface area contributed by atoms with Gasteiger partial charge in [-0.2, -0.15) is 0 Å². The van der Waals surface area contributed by atoms with Gasteiger partial charge in [0.25, 0.3) is 0 Å². The van der Waals surface area contributed by atoms with Gasteiger partial charge < -0.3 is 14.9 Å². The molecule has 5 fully saturated rings. The summed E-state index contributed by atoms with van der Waals surface area (Å²) < 4.78 is 6.46. The molecule has 4 saturated carbocycles. The van der Waals surface area contributed by atoms with Crippen molar-refractivity contribution in [3.8, 4) is 0 Å². The van der Waals surface area contributed by atoms with Crippen LogP contribution in [0.4, 0.5) is 0 Å². The second-order valence-corrected chi connectivity index (χ2v) is 8.68. The number of hydrogen-bond acceptors (Lipinski definition) is 4. The van der Waals surface area contributed by atoms with E-state index in [9.17, 15) is 10.2 Å². The van der Waals surface area contributed by atoms with Gasteiger partial charge in [0.15, 0.2) is 5.72 Å². The molecule has 4 aliphatic carbocycles. The van der Waals surface area contributed by atoms with Crippen LogP contribution in [0.1, 0.15) is 38.5 Å². The van der Waals surface area contributed by atoms with Crippen molar-refractivity contribution in [3.63, 3.8) is 0 Å². The van der Waals surface area contributed by atoms with Gasteiger partial charge in [-0.15, -0.1) is 0 Å². The number of alkyl halides is 1. The molecule has 7 heteroatoms. The van der Waals surface area contributed by atoms with Crippen LogP contribution >= 0.6 is 22.6 Å². The number of halogens is 1. The molecule has 0 aromatic rings. The summed E-state index contributed by atoms with van der Waals surface area (Å²) in [5, 5.41) is 24.8. The van der Waals surface area contributed by atoms with Crippen LogP contribution in [-0.2, 0) is 4.74 Å². The van der Waals surface area contributed by atoms with E-state index in [2.05, 4.69) is 32.6 Å². The first-order valence-corrected chi connectivity index (χ1v) is 9.71. The van der Waals surface area contributed by atoms with E-state index in [4.69, 9.17) is 10.3 Å². The topological polar surface area (TPSA) is 98.5 Å². The average molecular weight is 419 g/mol. The van der Waals surface area contributed by atoms with Crippen LogP contribution in [0.15, 0.2) is 5.11 Å². The van der Waals surface area contributed by atoms with Gasteiger partial charge in [-0.05, 0) is 61.8 Å². The Morgan fingerprint density at radius 3 is 2.14 bits per heavy atom. The summed E-state index contributed by atoms with van der Waals surface area (Å²) >= 11 is 2.06. The van der Waals surface area contributed by atoms with Crippen molar-refractivity contribution in [2.75, 3.05) is 4.43 Å². The molecule has 1 aliphatic heterocycles. The molecule has 122 valence electrons. The minimum absolute atomic E-state index is 0.0340. The number of aliphatic hydroxyl groups is 2. The van der Waals surface area contributed by atoms with Crippen molar-refractivity contribution < 1.29 is 14.9 Å². The van der Waals surface area contributed by atoms with Crippen LogP contribution in [0.5, 0.6) is 0 Å². The maximum Gasteiger partial charge on any atom is 0.184 e. The van der Waals surface area contributed by atoms with Gasteiger partial charge >= 0.3 is 0 Å². The molecule has 0 aromatic heterocycles. The van der Waals surface area contributed by atoms with Gasteiger partial charge in [-0.1, -0.05) is 27.7 Å². The van der Waals surface area contributed by atoms with Crippen molar-refractivity contribution in [2.45, 2.75) is 62.6 Å². The summed E-state index contributed by atoms with van der Waals surface area (Å²) in [5.74, 6) is 2.23. The molecule has 1 saturated heterocycles. The lowest BCUT2D eigenvalue weighted by atomic mass is 9.48. The third-order valence-electron chi connectivity index (χ3n) is 6.52. The molecule has 5 aliphatic rings. The maximum absolute atomic E-state index is 10.6. The Bertz CT molecular complexity index is 489. The van der Waals surface area contributed by atoms with E-state index in [1.54, 1.807) is 0 Å². The van der Waals surface area contributed by atoms with Gasteiger partial charge in [0.1, 0.15) is 12.2 Å². The molecular weight excluding hydrogens is 397 g/mol. The van der Waals surface area contributed by atoms with E-state index in [0.29, 0.717) is 4.43 Å². The van der Waals surface area contributed by atoms with E-state index in [1.807, 2.05) is 0 Å². The highest BCUT2D eigenvalue weighted by molar-refractivity contribution is 14.1. The summed E-state index contributed by atoms with van der Waals surface area (Å²) in [7, 11) is 0. The molecular formula is C15H22IN3O3. The molecule has 4 bridgehead atoms. The molecule has 1 heterocycles. The zero-order valence-corrected chi connectivity index (χ0v) is 14.6. The SMILES string of the molecule is [N-]=[N+]=N[C@]1(CI)O[C@@H](C23CC4CC(CC(C4)C2)C3)[C@@H](O)[C@H]1O. The smallest absolute Gasteiger partial charge is 0.184 e. The third kappa shape index (κ3) is 2.05. The Morgan fingerprint density at radius 1 is 1.14 bits per heavy atom. The summed E-state index contributed by atoms with van der Waals surface area (Å²) in [6.07, 6.45) is 4.70. The van der Waals surface area contributed by atoms with Gasteiger partial charge in [0.2, 0.25) is 0 Å². The van der Waals surface area contributed by atoms with Crippen LogP contribution in [0, 0.1) is 23.2 Å². The minimum Gasteiger partial charge on any atom is -0.388 e. The standard InChI is InChI=1S/C15H22IN3O3/c16-7-15(18-19-17)12(21)11(20)13(22-15)14-4-8-1-9(5-14)3-10(2-8)6-14/h8-13,20-21H,1-7H2/t8?,9?,10?,11-,12+,13+,14?,15+/m0/s1. The van der Waals surface area contributed by atoms with Crippen LogP contribution in [-0.4, -0.2) is 38.7 Å². The molecule has 0 radical (unpaired) electrons. The van der Waals surface area contributed by atoms with E-state index in [-0.39, 0.29) is 5.41 Å². The number of nitrogens with zero attached hydrogens (tertiary/aromatic N) is 3. The van der Waals surface area contributed by atoms with Gasteiger partial charge in [0.05, 0.1) is 6.10 Å². The molecule has 22 heavy (non-hydrogen) atoms. The largest absolute Gasteiger partial charge is 0.388 e. The lowest BCUT2D eigenvalue weighted by molar-refractivity contribution is -0.169. The lowest BCUT2D eigenvalue weighted by Gasteiger charge is -2.59. The zero-order valence-electron chi connectivity index (χ0n) is 12.4. The molecule has 0 amide bonds. The lowest BCUT2D eigenvalue weighted by Crippen LogP contribution is -2.54. The van der Waals surface area contributed by atoms with E-state index in [0.717, 1.165) is 37.0 Å². The number of hydrogen-bond donors (Lipinski definition) is 2. The van der Waals surface area contributed by atoms with Crippen LogP contribution in [0.2, 0.25) is 0 Å². The fourth-order valence-corrected chi connectivity index (χ4v) is 6.88. The normalized spacial score (nSPS) is 56.1. The Labute approximate surface area is 143 Å². The molecule has 6 nitrogen and oxygen atoms in total. The van der Waals surface area contributed by atoms with Gasteiger partial charge in [-0.25, -0.2) is 0 Å². The second kappa shape index (κ2) is 5.21. The Morgan fingerprint density at radius 2 is 1.68 bits per heavy atom. The van der Waals surface area contributed by atoms with Crippen molar-refractivity contribution in [3.05, 3.63) is 10.4 Å². The first-order chi connectivity index (χ1) is 10.5. The fraction of sp³-hybridized carbons (Fsp3) is 1.00. The minimum atomic E-state index is -1.32. The maximum atomic E-state index is 10.6. The van der Waals surface area contributed by atoms with Crippen molar-refractivity contribution >= 4 is 22.6 Å². The molecule has 2 N–H and O–H groups in total. The summed E-state index contributed by atoms with van der Waals surface area (Å²) in [4.78, 5) is 2.85. The summed E-state index contributed by atoms with van der Waals surface area (Å²) in [5.41, 5.74) is 7.48.